The third kappa shape index (κ3) is 5.40. The van der Waals surface area contributed by atoms with Crippen LogP contribution in [0.2, 0.25) is 0 Å². The van der Waals surface area contributed by atoms with Crippen molar-refractivity contribution < 1.29 is 28.9 Å². The number of nitrogens with one attached hydrogen (secondary N) is 1. The lowest BCUT2D eigenvalue weighted by atomic mass is 9.98. The van der Waals surface area contributed by atoms with Gasteiger partial charge in [-0.05, 0) is 56.9 Å². The number of amides is 1. The monoisotopic (exact) mass is 441 g/mol. The van der Waals surface area contributed by atoms with Gasteiger partial charge in [0.25, 0.3) is 5.91 Å². The van der Waals surface area contributed by atoms with Gasteiger partial charge in [-0.1, -0.05) is 30.3 Å². The number of ether oxygens (including phenoxy) is 3. The van der Waals surface area contributed by atoms with Crippen LogP contribution >= 0.6 is 0 Å². The first kappa shape index (κ1) is 23.6. The molecule has 1 fully saturated rings. The van der Waals surface area contributed by atoms with Crippen LogP contribution in [0.3, 0.4) is 0 Å². The van der Waals surface area contributed by atoms with E-state index in [1.165, 1.54) is 0 Å². The Hall–Kier alpha value is -3.06. The maximum Gasteiger partial charge on any atom is 0.326 e. The molecule has 7 heteroatoms. The van der Waals surface area contributed by atoms with E-state index in [2.05, 4.69) is 5.32 Å². The van der Waals surface area contributed by atoms with E-state index in [0.717, 1.165) is 34.6 Å². The van der Waals surface area contributed by atoms with Crippen molar-refractivity contribution >= 4 is 11.9 Å². The van der Waals surface area contributed by atoms with E-state index in [-0.39, 0.29) is 12.3 Å². The van der Waals surface area contributed by atoms with Gasteiger partial charge >= 0.3 is 5.97 Å². The Morgan fingerprint density at radius 3 is 2.22 bits per heavy atom. The molecule has 32 heavy (non-hydrogen) atoms. The summed E-state index contributed by atoms with van der Waals surface area (Å²) >= 11 is 0. The molecule has 7 nitrogen and oxygen atoms in total. The van der Waals surface area contributed by atoms with Gasteiger partial charge in [-0.25, -0.2) is 4.79 Å². The maximum absolute atomic E-state index is 12.6. The van der Waals surface area contributed by atoms with Crippen molar-refractivity contribution in [3.05, 3.63) is 48.0 Å². The molecule has 0 bridgehead atoms. The molecule has 3 rings (SSSR count). The van der Waals surface area contributed by atoms with Crippen molar-refractivity contribution in [3.63, 3.8) is 0 Å². The van der Waals surface area contributed by atoms with Crippen LogP contribution in [0.4, 0.5) is 0 Å². The van der Waals surface area contributed by atoms with E-state index >= 15 is 0 Å². The van der Waals surface area contributed by atoms with E-state index in [0.29, 0.717) is 26.2 Å². The highest BCUT2D eigenvalue weighted by Gasteiger charge is 2.39. The Kier molecular flexibility index (Phi) is 7.75. The molecule has 1 saturated heterocycles. The van der Waals surface area contributed by atoms with E-state index in [1.54, 1.807) is 6.92 Å². The van der Waals surface area contributed by atoms with E-state index in [1.807, 2.05) is 56.3 Å². The fourth-order valence-corrected chi connectivity index (χ4v) is 3.86. The van der Waals surface area contributed by atoms with Crippen molar-refractivity contribution in [3.8, 4) is 22.6 Å². The van der Waals surface area contributed by atoms with Crippen molar-refractivity contribution in [2.75, 3.05) is 19.8 Å². The van der Waals surface area contributed by atoms with Crippen molar-refractivity contribution in [2.24, 2.45) is 0 Å². The summed E-state index contributed by atoms with van der Waals surface area (Å²) in [7, 11) is 0. The highest BCUT2D eigenvalue weighted by molar-refractivity contribution is 5.89. The molecule has 0 aliphatic carbocycles. The van der Waals surface area contributed by atoms with Crippen molar-refractivity contribution in [1.82, 2.24) is 5.32 Å². The van der Waals surface area contributed by atoms with Gasteiger partial charge in [0.05, 0.1) is 18.8 Å². The smallest absolute Gasteiger partial charge is 0.326 e. The third-order valence-electron chi connectivity index (χ3n) is 5.57. The zero-order valence-corrected chi connectivity index (χ0v) is 18.8. The fraction of sp³-hybridized carbons (Fsp3) is 0.440. The Labute approximate surface area is 188 Å². The zero-order valence-electron chi connectivity index (χ0n) is 18.8. The topological polar surface area (TPSA) is 94.1 Å². The van der Waals surface area contributed by atoms with Gasteiger partial charge in [-0.15, -0.1) is 0 Å². The molecule has 2 aromatic rings. The number of carbonyl (C=O) groups is 2. The number of carboxylic acids is 1. The summed E-state index contributed by atoms with van der Waals surface area (Å²) < 4.78 is 17.1. The van der Waals surface area contributed by atoms with E-state index < -0.39 is 17.6 Å². The molecule has 1 aliphatic rings. The van der Waals surface area contributed by atoms with E-state index in [4.69, 9.17) is 14.2 Å². The summed E-state index contributed by atoms with van der Waals surface area (Å²) in [4.78, 5) is 24.4. The minimum absolute atomic E-state index is 0.170. The number of hydrogen-bond donors (Lipinski definition) is 2. The molecule has 1 unspecified atom stereocenters. The fourth-order valence-electron chi connectivity index (χ4n) is 3.86. The van der Waals surface area contributed by atoms with Gasteiger partial charge in [0.1, 0.15) is 23.1 Å². The molecule has 2 N–H and O–H groups in total. The van der Waals surface area contributed by atoms with Crippen LogP contribution < -0.4 is 14.8 Å². The first-order valence-electron chi connectivity index (χ1n) is 11.0. The lowest BCUT2D eigenvalue weighted by Crippen LogP contribution is -2.51. The quantitative estimate of drug-likeness (QED) is 0.582. The SMILES string of the molecule is CCOc1cccc(OCC)c1-c1ccc(C[C@H](NC(=O)C2(C)CCCO2)C(=O)O)cc1. The summed E-state index contributed by atoms with van der Waals surface area (Å²) in [6.07, 6.45) is 1.54. The van der Waals surface area contributed by atoms with Crippen LogP contribution in [0.5, 0.6) is 11.5 Å². The van der Waals surface area contributed by atoms with E-state index in [9.17, 15) is 14.7 Å². The summed E-state index contributed by atoms with van der Waals surface area (Å²) in [6, 6.07) is 12.2. The molecule has 1 amide bonds. The van der Waals surface area contributed by atoms with Crippen molar-refractivity contribution in [1.29, 1.82) is 0 Å². The molecule has 1 aliphatic heterocycles. The third-order valence-corrected chi connectivity index (χ3v) is 5.57. The van der Waals surface area contributed by atoms with Crippen LogP contribution in [0.15, 0.2) is 42.5 Å². The molecule has 172 valence electrons. The minimum Gasteiger partial charge on any atom is -0.493 e. The highest BCUT2D eigenvalue weighted by Crippen LogP contribution is 2.38. The van der Waals surface area contributed by atoms with Crippen molar-refractivity contribution in [2.45, 2.75) is 51.7 Å². The molecule has 2 atom stereocenters. The van der Waals surface area contributed by atoms with Gasteiger partial charge in [0.2, 0.25) is 0 Å². The number of carboxylic acid groups (broad SMARTS) is 1. The lowest BCUT2D eigenvalue weighted by Gasteiger charge is -2.24. The van der Waals surface area contributed by atoms with Crippen LogP contribution in [-0.4, -0.2) is 48.4 Å². The lowest BCUT2D eigenvalue weighted by molar-refractivity contribution is -0.147. The van der Waals surface area contributed by atoms with Crippen LogP contribution in [-0.2, 0) is 20.7 Å². The van der Waals surface area contributed by atoms with Crippen LogP contribution in [0.25, 0.3) is 11.1 Å². The van der Waals surface area contributed by atoms with Gasteiger partial charge in [-0.3, -0.25) is 4.79 Å². The molecule has 2 aromatic carbocycles. The number of carbonyl (C=O) groups excluding carboxylic acids is 1. The van der Waals surface area contributed by atoms with Gasteiger partial charge < -0.3 is 24.6 Å². The molecule has 1 heterocycles. The molecule has 0 aromatic heterocycles. The zero-order chi connectivity index (χ0) is 23.1. The number of hydrogen-bond acceptors (Lipinski definition) is 5. The summed E-state index contributed by atoms with van der Waals surface area (Å²) in [5, 5.41) is 12.3. The first-order chi connectivity index (χ1) is 15.4. The first-order valence-corrected chi connectivity index (χ1v) is 11.0. The summed E-state index contributed by atoms with van der Waals surface area (Å²) in [6.45, 7) is 7.13. The predicted molar refractivity (Wildman–Crippen MR) is 121 cm³/mol. The average Bonchev–Trinajstić information content (AvgIpc) is 3.22. The minimum atomic E-state index is -1.08. The maximum atomic E-state index is 12.6. The normalized spacial score (nSPS) is 18.7. The second-order valence-corrected chi connectivity index (χ2v) is 7.94. The Morgan fingerprint density at radius 1 is 1.09 bits per heavy atom. The number of benzene rings is 2. The Balaban J connectivity index is 1.79. The number of rotatable bonds is 10. The van der Waals surface area contributed by atoms with Crippen LogP contribution in [0.1, 0.15) is 39.2 Å². The Morgan fingerprint density at radius 2 is 1.72 bits per heavy atom. The van der Waals surface area contributed by atoms with Gasteiger partial charge in [0, 0.05) is 13.0 Å². The molecular weight excluding hydrogens is 410 g/mol. The molecule has 0 radical (unpaired) electrons. The molecule has 0 saturated carbocycles. The standard InChI is InChI=1S/C25H31NO6/c1-4-30-20-8-6-9-21(31-5-2)22(20)18-12-10-17(11-13-18)16-19(23(27)28)26-24(29)25(3)14-7-15-32-25/h6,8-13,19H,4-5,7,14-16H2,1-3H3,(H,26,29)(H,27,28)/t19-,25?/m0/s1. The predicted octanol–water partition coefficient (Wildman–Crippen LogP) is 3.83. The van der Waals surface area contributed by atoms with Gasteiger partial charge in [0.15, 0.2) is 0 Å². The molecular formula is C25H31NO6. The summed E-state index contributed by atoms with van der Waals surface area (Å²) in [5.74, 6) is -0.00580. The van der Waals surface area contributed by atoms with Gasteiger partial charge in [-0.2, -0.15) is 0 Å². The largest absolute Gasteiger partial charge is 0.493 e. The highest BCUT2D eigenvalue weighted by atomic mass is 16.5. The average molecular weight is 442 g/mol. The number of aliphatic carboxylic acids is 1. The Bertz CT molecular complexity index is 910. The second kappa shape index (κ2) is 10.5. The molecule has 0 spiro atoms. The second-order valence-electron chi connectivity index (χ2n) is 7.94. The summed E-state index contributed by atoms with van der Waals surface area (Å²) in [5.41, 5.74) is 1.60. The van der Waals surface area contributed by atoms with Crippen LogP contribution in [0, 0.1) is 0 Å².